The Morgan fingerprint density at radius 2 is 2.17 bits per heavy atom. The minimum atomic E-state index is -0.0629. The third-order valence-corrected chi connectivity index (χ3v) is 4.41. The third kappa shape index (κ3) is 5.05. The van der Waals surface area contributed by atoms with Gasteiger partial charge in [0.25, 0.3) is 0 Å². The molecule has 1 unspecified atom stereocenters. The Labute approximate surface area is 119 Å². The highest BCUT2D eigenvalue weighted by Gasteiger charge is 2.08. The summed E-state index contributed by atoms with van der Waals surface area (Å²) in [5, 5.41) is 2.07. The van der Waals surface area contributed by atoms with Crippen molar-refractivity contribution in [3.8, 4) is 0 Å². The molecule has 0 aromatic carbocycles. The lowest BCUT2D eigenvalue weighted by atomic mass is 10.1. The van der Waals surface area contributed by atoms with Gasteiger partial charge in [-0.25, -0.2) is 4.99 Å². The maximum absolute atomic E-state index is 5.63. The van der Waals surface area contributed by atoms with E-state index in [1.807, 2.05) is 0 Å². The summed E-state index contributed by atoms with van der Waals surface area (Å²) < 4.78 is 1.16. The molecule has 18 heavy (non-hydrogen) atoms. The number of thiophene rings is 1. The quantitative estimate of drug-likeness (QED) is 0.566. The third-order valence-electron chi connectivity index (χ3n) is 2.43. The van der Waals surface area contributed by atoms with Gasteiger partial charge in [0.2, 0.25) is 5.96 Å². The largest absolute Gasteiger partial charge is 0.370 e. The van der Waals surface area contributed by atoms with Crippen LogP contribution in [0.4, 0.5) is 0 Å². The highest BCUT2D eigenvalue weighted by Crippen LogP contribution is 2.25. The first-order valence-electron chi connectivity index (χ1n) is 5.67. The average molecular weight is 332 g/mol. The van der Waals surface area contributed by atoms with Crippen LogP contribution in [0.25, 0.3) is 0 Å². The summed E-state index contributed by atoms with van der Waals surface area (Å²) in [6.45, 7) is 2.07. The van der Waals surface area contributed by atoms with Gasteiger partial charge in [-0.15, -0.1) is 11.3 Å². The zero-order chi connectivity index (χ0) is 13.5. The highest BCUT2D eigenvalue weighted by atomic mass is 79.9. The Morgan fingerprint density at radius 3 is 2.67 bits per heavy atom. The van der Waals surface area contributed by atoms with Gasteiger partial charge in [-0.05, 0) is 46.6 Å². The summed E-state index contributed by atoms with van der Waals surface area (Å²) in [5.41, 5.74) is 16.1. The van der Waals surface area contributed by atoms with Crippen molar-refractivity contribution in [1.82, 2.24) is 0 Å². The molecule has 100 valence electrons. The SMILES string of the molecule is CCC(CCc1sccc1Br)N=C(N)N=C(N)N. The molecule has 0 bridgehead atoms. The van der Waals surface area contributed by atoms with Crippen LogP contribution in [0, 0.1) is 0 Å². The average Bonchev–Trinajstić information content (AvgIpc) is 2.69. The summed E-state index contributed by atoms with van der Waals surface area (Å²) >= 11 is 5.25. The van der Waals surface area contributed by atoms with Gasteiger partial charge in [-0.2, -0.15) is 4.99 Å². The molecule has 0 radical (unpaired) electrons. The molecule has 1 heterocycles. The predicted octanol–water partition coefficient (Wildman–Crippen LogP) is 1.81. The summed E-state index contributed by atoms with van der Waals surface area (Å²) in [7, 11) is 0. The Morgan fingerprint density at radius 1 is 1.44 bits per heavy atom. The highest BCUT2D eigenvalue weighted by molar-refractivity contribution is 9.10. The molecule has 0 spiro atoms. The minimum Gasteiger partial charge on any atom is -0.370 e. The van der Waals surface area contributed by atoms with Crippen LogP contribution in [-0.4, -0.2) is 18.0 Å². The Kier molecular flexibility index (Phi) is 6.14. The molecular weight excluding hydrogens is 314 g/mol. The molecule has 1 aromatic heterocycles. The lowest BCUT2D eigenvalue weighted by Gasteiger charge is -2.09. The number of halogens is 1. The number of nitrogens with two attached hydrogens (primary N) is 3. The molecule has 7 heteroatoms. The van der Waals surface area contributed by atoms with Gasteiger partial charge >= 0.3 is 0 Å². The minimum absolute atomic E-state index is 0.0629. The number of aryl methyl sites for hydroxylation is 1. The van der Waals surface area contributed by atoms with Crippen LogP contribution in [0.5, 0.6) is 0 Å². The van der Waals surface area contributed by atoms with Crippen molar-refractivity contribution in [2.75, 3.05) is 0 Å². The number of guanidine groups is 2. The topological polar surface area (TPSA) is 103 Å². The first-order chi connectivity index (χ1) is 8.52. The van der Waals surface area contributed by atoms with Crippen LogP contribution in [0.3, 0.4) is 0 Å². The van der Waals surface area contributed by atoms with Crippen molar-refractivity contribution in [1.29, 1.82) is 0 Å². The maximum atomic E-state index is 5.63. The number of aliphatic imine (C=N–C) groups is 2. The van der Waals surface area contributed by atoms with E-state index in [0.717, 1.165) is 23.7 Å². The van der Waals surface area contributed by atoms with E-state index in [1.54, 1.807) is 11.3 Å². The van der Waals surface area contributed by atoms with Crippen molar-refractivity contribution >= 4 is 39.2 Å². The van der Waals surface area contributed by atoms with Gasteiger partial charge in [0.1, 0.15) is 0 Å². The normalized spacial score (nSPS) is 13.3. The fraction of sp³-hybridized carbons (Fsp3) is 0.455. The molecule has 0 saturated heterocycles. The predicted molar refractivity (Wildman–Crippen MR) is 81.9 cm³/mol. The van der Waals surface area contributed by atoms with Crippen molar-refractivity contribution < 1.29 is 0 Å². The second kappa shape index (κ2) is 7.38. The second-order valence-corrected chi connectivity index (χ2v) is 5.67. The first-order valence-corrected chi connectivity index (χ1v) is 7.35. The first kappa shape index (κ1) is 15.0. The van der Waals surface area contributed by atoms with E-state index in [0.29, 0.717) is 0 Å². The maximum Gasteiger partial charge on any atom is 0.218 e. The van der Waals surface area contributed by atoms with E-state index in [4.69, 9.17) is 17.2 Å². The van der Waals surface area contributed by atoms with Gasteiger partial charge in [-0.1, -0.05) is 6.92 Å². The van der Waals surface area contributed by atoms with Crippen LogP contribution in [-0.2, 0) is 6.42 Å². The molecule has 0 fully saturated rings. The molecule has 5 nitrogen and oxygen atoms in total. The molecule has 0 aliphatic heterocycles. The van der Waals surface area contributed by atoms with Gasteiger partial charge in [0.05, 0.1) is 6.04 Å². The van der Waals surface area contributed by atoms with Crippen LogP contribution in [0.15, 0.2) is 25.9 Å². The standard InChI is InChI=1S/C11H18BrN5S/c1-2-7(16-11(15)17-10(13)14)3-4-9-8(12)5-6-18-9/h5-7H,2-4H2,1H3,(H6,13,14,15,16,17). The molecule has 0 aliphatic rings. The van der Waals surface area contributed by atoms with Gasteiger partial charge < -0.3 is 17.2 Å². The van der Waals surface area contributed by atoms with Crippen molar-refractivity contribution in [3.63, 3.8) is 0 Å². The molecule has 1 atom stereocenters. The second-order valence-electron chi connectivity index (χ2n) is 3.82. The van der Waals surface area contributed by atoms with Crippen LogP contribution in [0.2, 0.25) is 0 Å². The zero-order valence-electron chi connectivity index (χ0n) is 10.3. The van der Waals surface area contributed by atoms with Crippen LogP contribution in [0.1, 0.15) is 24.6 Å². The number of rotatable bonds is 5. The Hall–Kier alpha value is -1.08. The van der Waals surface area contributed by atoms with E-state index in [2.05, 4.69) is 44.3 Å². The fourth-order valence-corrected chi connectivity index (χ4v) is 3.08. The van der Waals surface area contributed by atoms with E-state index >= 15 is 0 Å². The molecule has 6 N–H and O–H groups in total. The summed E-state index contributed by atoms with van der Waals surface area (Å²) in [6, 6.07) is 2.19. The lowest BCUT2D eigenvalue weighted by molar-refractivity contribution is 0.599. The summed E-state index contributed by atoms with van der Waals surface area (Å²) in [5.74, 6) is 0.0826. The van der Waals surface area contributed by atoms with Gasteiger partial charge in [0, 0.05) is 9.35 Å². The summed E-state index contributed by atoms with van der Waals surface area (Å²) in [6.07, 6.45) is 2.80. The van der Waals surface area contributed by atoms with Gasteiger partial charge in [0.15, 0.2) is 5.96 Å². The molecule has 0 aliphatic carbocycles. The molecule has 0 saturated carbocycles. The fourth-order valence-electron chi connectivity index (χ4n) is 1.51. The van der Waals surface area contributed by atoms with Crippen LogP contribution < -0.4 is 17.2 Å². The van der Waals surface area contributed by atoms with Crippen molar-refractivity contribution in [2.24, 2.45) is 27.2 Å². The number of hydrogen-bond donors (Lipinski definition) is 3. The monoisotopic (exact) mass is 331 g/mol. The Bertz CT molecular complexity index is 436. The van der Waals surface area contributed by atoms with E-state index in [-0.39, 0.29) is 18.0 Å². The van der Waals surface area contributed by atoms with E-state index in [1.165, 1.54) is 4.88 Å². The zero-order valence-corrected chi connectivity index (χ0v) is 12.7. The van der Waals surface area contributed by atoms with Crippen molar-refractivity contribution in [2.45, 2.75) is 32.2 Å². The molecular formula is C11H18BrN5S. The number of hydrogen-bond acceptors (Lipinski definition) is 2. The molecule has 1 rings (SSSR count). The smallest absolute Gasteiger partial charge is 0.218 e. The lowest BCUT2D eigenvalue weighted by Crippen LogP contribution is -2.27. The van der Waals surface area contributed by atoms with Gasteiger partial charge in [-0.3, -0.25) is 0 Å². The Balaban J connectivity index is 2.58. The number of nitrogens with zero attached hydrogens (tertiary/aromatic N) is 2. The summed E-state index contributed by atoms with van der Waals surface area (Å²) in [4.78, 5) is 9.34. The van der Waals surface area contributed by atoms with Crippen LogP contribution >= 0.6 is 27.3 Å². The van der Waals surface area contributed by atoms with Crippen molar-refractivity contribution in [3.05, 3.63) is 20.8 Å². The molecule has 0 amide bonds. The van der Waals surface area contributed by atoms with E-state index < -0.39 is 0 Å². The van der Waals surface area contributed by atoms with E-state index in [9.17, 15) is 0 Å². The molecule has 1 aromatic rings.